The Balaban J connectivity index is 2.61. The minimum Gasteiger partial charge on any atom is -0.392 e. The highest BCUT2D eigenvalue weighted by atomic mass is 19.1. The number of hydrogen-bond acceptors (Lipinski definition) is 3. The lowest BCUT2D eigenvalue weighted by Gasteiger charge is -2.15. The van der Waals surface area contributed by atoms with Crippen LogP contribution in [0.5, 0.6) is 0 Å². The van der Waals surface area contributed by atoms with Gasteiger partial charge in [-0.1, -0.05) is 6.07 Å². The van der Waals surface area contributed by atoms with E-state index in [0.29, 0.717) is 5.56 Å². The molecule has 4 nitrogen and oxygen atoms in total. The minimum absolute atomic E-state index is 0.145. The number of carbonyl (C=O) groups excluding carboxylic acids is 1. The molecule has 1 amide bonds. The average molecular weight is 240 g/mol. The molecular formula is C12H17FN2O2. The van der Waals surface area contributed by atoms with E-state index in [1.54, 1.807) is 26.0 Å². The highest BCUT2D eigenvalue weighted by molar-refractivity contribution is 5.94. The number of halogens is 1. The predicted molar refractivity (Wildman–Crippen MR) is 63.1 cm³/mol. The van der Waals surface area contributed by atoms with Crippen molar-refractivity contribution in [2.75, 3.05) is 6.54 Å². The van der Waals surface area contributed by atoms with Crippen LogP contribution in [0.15, 0.2) is 18.2 Å². The van der Waals surface area contributed by atoms with Crippen LogP contribution in [0.1, 0.15) is 22.8 Å². The zero-order chi connectivity index (χ0) is 13.0. The molecule has 0 heterocycles. The second-order valence-electron chi connectivity index (χ2n) is 4.08. The lowest BCUT2D eigenvalue weighted by molar-refractivity contribution is 0.0937. The number of nitrogens with one attached hydrogen (secondary N) is 1. The first kappa shape index (κ1) is 13.6. The molecule has 0 aromatic heterocycles. The molecule has 17 heavy (non-hydrogen) atoms. The van der Waals surface area contributed by atoms with E-state index in [1.807, 2.05) is 0 Å². The smallest absolute Gasteiger partial charge is 0.251 e. The van der Waals surface area contributed by atoms with Crippen molar-refractivity contribution in [2.45, 2.75) is 26.0 Å². The summed E-state index contributed by atoms with van der Waals surface area (Å²) < 4.78 is 13.2. The van der Waals surface area contributed by atoms with Crippen LogP contribution >= 0.6 is 0 Å². The number of benzene rings is 1. The van der Waals surface area contributed by atoms with Gasteiger partial charge in [-0.05, 0) is 31.5 Å². The second-order valence-corrected chi connectivity index (χ2v) is 4.08. The second kappa shape index (κ2) is 5.75. The molecule has 0 spiro atoms. The summed E-state index contributed by atoms with van der Waals surface area (Å²) in [5, 5.41) is 11.7. The number of aryl methyl sites for hydroxylation is 1. The number of amides is 1. The fourth-order valence-electron chi connectivity index (χ4n) is 1.22. The first-order valence-electron chi connectivity index (χ1n) is 5.40. The van der Waals surface area contributed by atoms with E-state index in [2.05, 4.69) is 5.32 Å². The summed E-state index contributed by atoms with van der Waals surface area (Å²) in [4.78, 5) is 11.6. The van der Waals surface area contributed by atoms with E-state index in [-0.39, 0.29) is 12.1 Å². The van der Waals surface area contributed by atoms with Gasteiger partial charge in [-0.3, -0.25) is 4.79 Å². The van der Waals surface area contributed by atoms with Crippen molar-refractivity contribution < 1.29 is 14.3 Å². The quantitative estimate of drug-likeness (QED) is 0.720. The van der Waals surface area contributed by atoms with Crippen molar-refractivity contribution in [2.24, 2.45) is 5.73 Å². The maximum atomic E-state index is 13.2. The Morgan fingerprint density at radius 3 is 2.76 bits per heavy atom. The van der Waals surface area contributed by atoms with Gasteiger partial charge in [0.15, 0.2) is 0 Å². The summed E-state index contributed by atoms with van der Waals surface area (Å²) in [6.45, 7) is 3.31. The van der Waals surface area contributed by atoms with E-state index in [9.17, 15) is 9.18 Å². The lowest BCUT2D eigenvalue weighted by Crippen LogP contribution is -2.43. The highest BCUT2D eigenvalue weighted by Crippen LogP contribution is 2.08. The van der Waals surface area contributed by atoms with Crippen LogP contribution in [0.4, 0.5) is 4.39 Å². The predicted octanol–water partition coefficient (Wildman–Crippen LogP) is 0.572. The van der Waals surface area contributed by atoms with Crippen molar-refractivity contribution in [1.82, 2.24) is 5.32 Å². The molecule has 4 N–H and O–H groups in total. The third kappa shape index (κ3) is 3.80. The van der Waals surface area contributed by atoms with Crippen LogP contribution in [0.25, 0.3) is 0 Å². The Kier molecular flexibility index (Phi) is 4.60. The molecule has 0 aliphatic carbocycles. The van der Waals surface area contributed by atoms with Crippen LogP contribution in [-0.2, 0) is 0 Å². The molecule has 0 aliphatic heterocycles. The van der Waals surface area contributed by atoms with Gasteiger partial charge in [-0.2, -0.15) is 0 Å². The topological polar surface area (TPSA) is 75.4 Å². The molecule has 2 atom stereocenters. The Labute approximate surface area is 99.6 Å². The standard InChI is InChI=1S/C12H17FN2O2/c1-7-3-4-9(5-10(7)13)12(17)15-6-11(14)8(2)16/h3-5,8,11,16H,6,14H2,1-2H3,(H,15,17). The van der Waals surface area contributed by atoms with Gasteiger partial charge >= 0.3 is 0 Å². The van der Waals surface area contributed by atoms with Gasteiger partial charge in [-0.15, -0.1) is 0 Å². The van der Waals surface area contributed by atoms with Crippen molar-refractivity contribution in [3.8, 4) is 0 Å². The molecule has 1 rings (SSSR count). The van der Waals surface area contributed by atoms with Crippen molar-refractivity contribution in [3.05, 3.63) is 35.1 Å². The molecule has 1 aromatic carbocycles. The molecule has 0 saturated carbocycles. The van der Waals surface area contributed by atoms with Crippen LogP contribution in [-0.4, -0.2) is 29.7 Å². The molecule has 0 fully saturated rings. The van der Waals surface area contributed by atoms with Gasteiger partial charge in [0, 0.05) is 18.2 Å². The van der Waals surface area contributed by atoms with E-state index in [0.717, 1.165) is 0 Å². The number of aliphatic hydroxyl groups excluding tert-OH is 1. The van der Waals surface area contributed by atoms with E-state index < -0.39 is 23.9 Å². The van der Waals surface area contributed by atoms with Gasteiger partial charge in [0.2, 0.25) is 0 Å². The third-order valence-electron chi connectivity index (χ3n) is 2.55. The summed E-state index contributed by atoms with van der Waals surface area (Å²) in [6.07, 6.45) is -0.704. The van der Waals surface area contributed by atoms with Crippen molar-refractivity contribution >= 4 is 5.91 Å². The van der Waals surface area contributed by atoms with Crippen molar-refractivity contribution in [1.29, 1.82) is 0 Å². The van der Waals surface area contributed by atoms with Gasteiger partial charge < -0.3 is 16.2 Å². The average Bonchev–Trinajstić information content (AvgIpc) is 2.28. The van der Waals surface area contributed by atoms with E-state index in [1.165, 1.54) is 6.07 Å². The summed E-state index contributed by atoms with van der Waals surface area (Å²) in [5.74, 6) is -0.822. The highest BCUT2D eigenvalue weighted by Gasteiger charge is 2.12. The molecule has 94 valence electrons. The molecule has 0 saturated heterocycles. The number of aliphatic hydroxyl groups is 1. The zero-order valence-electron chi connectivity index (χ0n) is 9.90. The molecular weight excluding hydrogens is 223 g/mol. The molecule has 5 heteroatoms. The molecule has 0 radical (unpaired) electrons. The summed E-state index contributed by atoms with van der Waals surface area (Å²) >= 11 is 0. The normalized spacial score (nSPS) is 14.2. The van der Waals surface area contributed by atoms with Crippen LogP contribution in [0, 0.1) is 12.7 Å². The Bertz CT molecular complexity index is 407. The van der Waals surface area contributed by atoms with E-state index >= 15 is 0 Å². The first-order valence-corrected chi connectivity index (χ1v) is 5.40. The minimum atomic E-state index is -0.704. The van der Waals surface area contributed by atoms with Gasteiger partial charge in [0.25, 0.3) is 5.91 Å². The van der Waals surface area contributed by atoms with Gasteiger partial charge in [-0.25, -0.2) is 4.39 Å². The Hall–Kier alpha value is -1.46. The maximum Gasteiger partial charge on any atom is 0.251 e. The maximum absolute atomic E-state index is 13.2. The molecule has 0 aliphatic rings. The van der Waals surface area contributed by atoms with Gasteiger partial charge in [0.1, 0.15) is 5.82 Å². The zero-order valence-corrected chi connectivity index (χ0v) is 9.90. The number of hydrogen-bond donors (Lipinski definition) is 3. The largest absolute Gasteiger partial charge is 0.392 e. The molecule has 1 aromatic rings. The monoisotopic (exact) mass is 240 g/mol. The van der Waals surface area contributed by atoms with Gasteiger partial charge in [0.05, 0.1) is 6.10 Å². The Morgan fingerprint density at radius 1 is 1.59 bits per heavy atom. The van der Waals surface area contributed by atoms with E-state index in [4.69, 9.17) is 10.8 Å². The lowest BCUT2D eigenvalue weighted by atomic mass is 10.1. The third-order valence-corrected chi connectivity index (χ3v) is 2.55. The van der Waals surface area contributed by atoms with Crippen LogP contribution in [0.2, 0.25) is 0 Å². The van der Waals surface area contributed by atoms with Crippen LogP contribution in [0.3, 0.4) is 0 Å². The molecule has 0 bridgehead atoms. The number of nitrogens with two attached hydrogens (primary N) is 1. The van der Waals surface area contributed by atoms with Crippen molar-refractivity contribution in [3.63, 3.8) is 0 Å². The summed E-state index contributed by atoms with van der Waals surface area (Å²) in [5.41, 5.74) is 6.29. The summed E-state index contributed by atoms with van der Waals surface area (Å²) in [6, 6.07) is 3.73. The molecule has 2 unspecified atom stereocenters. The first-order chi connectivity index (χ1) is 7.91. The SMILES string of the molecule is Cc1ccc(C(=O)NCC(N)C(C)O)cc1F. The number of carbonyl (C=O) groups is 1. The fraction of sp³-hybridized carbons (Fsp3) is 0.417. The number of rotatable bonds is 4. The summed E-state index contributed by atoms with van der Waals surface area (Å²) in [7, 11) is 0. The fourth-order valence-corrected chi connectivity index (χ4v) is 1.22. The Morgan fingerprint density at radius 2 is 2.24 bits per heavy atom. The van der Waals surface area contributed by atoms with Crippen LogP contribution < -0.4 is 11.1 Å².